The number of nitrogens with zero attached hydrogens (tertiary/aromatic N) is 4. The number of aryl methyl sites for hydroxylation is 1. The molecule has 7 nitrogen and oxygen atoms in total. The molecule has 9 heteroatoms. The summed E-state index contributed by atoms with van der Waals surface area (Å²) in [6.07, 6.45) is -0.295. The van der Waals surface area contributed by atoms with Gasteiger partial charge in [0.25, 0.3) is 0 Å². The second-order valence-electron chi connectivity index (χ2n) is 6.55. The van der Waals surface area contributed by atoms with Gasteiger partial charge < -0.3 is 18.5 Å². The highest BCUT2D eigenvalue weighted by Gasteiger charge is 2.27. The molecular weight excluding hydrogens is 408 g/mol. The van der Waals surface area contributed by atoms with E-state index in [2.05, 4.69) is 15.2 Å². The summed E-state index contributed by atoms with van der Waals surface area (Å²) in [7, 11) is 1.94. The molecule has 1 atom stereocenters. The summed E-state index contributed by atoms with van der Waals surface area (Å²) in [6.45, 7) is 2.34. The smallest absolute Gasteiger partial charge is 0.236 e. The van der Waals surface area contributed by atoms with Crippen LogP contribution in [0.5, 0.6) is 11.5 Å². The minimum absolute atomic E-state index is 0.295. The number of para-hydroxylation sites is 2. The number of aromatic nitrogens is 4. The third-order valence-corrected chi connectivity index (χ3v) is 6.52. The highest BCUT2D eigenvalue weighted by molar-refractivity contribution is 7.98. The monoisotopic (exact) mass is 426 g/mol. The fourth-order valence-electron chi connectivity index (χ4n) is 3.08. The van der Waals surface area contributed by atoms with Crippen LogP contribution < -0.4 is 9.47 Å². The summed E-state index contributed by atoms with van der Waals surface area (Å²) in [5.41, 5.74) is 0.911. The van der Waals surface area contributed by atoms with Crippen LogP contribution in [0.25, 0.3) is 10.8 Å². The molecule has 0 aliphatic carbocycles. The summed E-state index contributed by atoms with van der Waals surface area (Å²) >= 11 is 3.18. The number of benzene rings is 1. The molecule has 0 N–H and O–H groups in total. The molecule has 0 amide bonds. The van der Waals surface area contributed by atoms with E-state index in [9.17, 15) is 0 Å². The van der Waals surface area contributed by atoms with E-state index in [1.54, 1.807) is 23.1 Å². The van der Waals surface area contributed by atoms with Crippen molar-refractivity contribution in [3.63, 3.8) is 0 Å². The molecule has 148 valence electrons. The number of rotatable bonds is 5. The number of thioether (sulfide) groups is 1. The molecule has 0 saturated carbocycles. The SMILES string of the molecule is Cc1oc(-c2cccs2)nc1CSc1nnc(C2COc3ccccc3O2)n1C. The zero-order valence-corrected chi connectivity index (χ0v) is 17.5. The Bertz CT molecular complexity index is 1140. The van der Waals surface area contributed by atoms with E-state index in [0.717, 1.165) is 38.8 Å². The highest BCUT2D eigenvalue weighted by Crippen LogP contribution is 2.36. The normalized spacial score (nSPS) is 15.6. The Morgan fingerprint density at radius 3 is 2.86 bits per heavy atom. The van der Waals surface area contributed by atoms with E-state index in [4.69, 9.17) is 13.9 Å². The highest BCUT2D eigenvalue weighted by atomic mass is 32.2. The maximum atomic E-state index is 6.05. The van der Waals surface area contributed by atoms with Crippen LogP contribution in [0.1, 0.15) is 23.4 Å². The first-order chi connectivity index (χ1) is 14.2. The zero-order chi connectivity index (χ0) is 19.8. The topological polar surface area (TPSA) is 75.2 Å². The van der Waals surface area contributed by atoms with Crippen molar-refractivity contribution in [2.24, 2.45) is 7.05 Å². The molecule has 0 fully saturated rings. The third kappa shape index (κ3) is 3.51. The van der Waals surface area contributed by atoms with E-state index < -0.39 is 0 Å². The van der Waals surface area contributed by atoms with Crippen LogP contribution in [-0.4, -0.2) is 26.4 Å². The Morgan fingerprint density at radius 2 is 2.03 bits per heavy atom. The van der Waals surface area contributed by atoms with Gasteiger partial charge in [-0.05, 0) is 30.5 Å². The lowest BCUT2D eigenvalue weighted by atomic mass is 10.2. The van der Waals surface area contributed by atoms with E-state index in [1.807, 2.05) is 60.3 Å². The Morgan fingerprint density at radius 1 is 1.17 bits per heavy atom. The molecule has 0 saturated heterocycles. The summed E-state index contributed by atoms with van der Waals surface area (Å²) < 4.78 is 19.6. The number of thiophene rings is 1. The molecule has 5 rings (SSSR count). The molecule has 4 heterocycles. The predicted molar refractivity (Wildman–Crippen MR) is 110 cm³/mol. The van der Waals surface area contributed by atoms with Gasteiger partial charge in [-0.15, -0.1) is 21.5 Å². The minimum Gasteiger partial charge on any atom is -0.485 e. The Balaban J connectivity index is 1.30. The van der Waals surface area contributed by atoms with Crippen LogP contribution in [0.15, 0.2) is 51.4 Å². The van der Waals surface area contributed by atoms with Crippen LogP contribution >= 0.6 is 23.1 Å². The first-order valence-corrected chi connectivity index (χ1v) is 11.0. The van der Waals surface area contributed by atoms with Gasteiger partial charge in [-0.3, -0.25) is 0 Å². The van der Waals surface area contributed by atoms with Gasteiger partial charge in [0.1, 0.15) is 12.4 Å². The van der Waals surface area contributed by atoms with E-state index in [1.165, 1.54) is 0 Å². The van der Waals surface area contributed by atoms with Crippen molar-refractivity contribution in [1.82, 2.24) is 19.7 Å². The summed E-state index contributed by atoms with van der Waals surface area (Å²) in [5, 5.41) is 11.5. The maximum absolute atomic E-state index is 6.05. The standard InChI is InChI=1S/C20H18N4O3S2/c1-12-13(21-19(26-12)17-8-5-9-28-17)11-29-20-23-22-18(24(20)2)16-10-25-14-6-3-4-7-15(14)27-16/h3-9,16H,10-11H2,1-2H3. The van der Waals surface area contributed by atoms with Gasteiger partial charge in [-0.2, -0.15) is 0 Å². The lowest BCUT2D eigenvalue weighted by molar-refractivity contribution is 0.0825. The van der Waals surface area contributed by atoms with E-state index in [0.29, 0.717) is 18.3 Å². The molecule has 4 aromatic rings. The number of fused-ring (bicyclic) bond motifs is 1. The van der Waals surface area contributed by atoms with Gasteiger partial charge in [0.15, 0.2) is 28.6 Å². The number of hydrogen-bond donors (Lipinski definition) is 0. The summed E-state index contributed by atoms with van der Waals surface area (Å²) in [5.74, 6) is 4.35. The fourth-order valence-corrected chi connectivity index (χ4v) is 4.65. The molecule has 29 heavy (non-hydrogen) atoms. The van der Waals surface area contributed by atoms with Crippen molar-refractivity contribution >= 4 is 23.1 Å². The molecule has 0 bridgehead atoms. The van der Waals surface area contributed by atoms with Gasteiger partial charge in [-0.1, -0.05) is 30.0 Å². The van der Waals surface area contributed by atoms with Gasteiger partial charge in [0, 0.05) is 12.8 Å². The van der Waals surface area contributed by atoms with E-state index >= 15 is 0 Å². The zero-order valence-electron chi connectivity index (χ0n) is 15.9. The molecule has 1 aliphatic heterocycles. The molecule has 1 aromatic carbocycles. The average molecular weight is 427 g/mol. The van der Waals surface area contributed by atoms with Crippen molar-refractivity contribution in [2.75, 3.05) is 6.61 Å². The molecule has 3 aromatic heterocycles. The Kier molecular flexibility index (Phi) is 4.76. The van der Waals surface area contributed by atoms with Crippen LogP contribution in [0.2, 0.25) is 0 Å². The lowest BCUT2D eigenvalue weighted by Crippen LogP contribution is -2.24. The number of ether oxygens (including phenoxy) is 2. The van der Waals surface area contributed by atoms with Crippen LogP contribution in [0, 0.1) is 6.92 Å². The van der Waals surface area contributed by atoms with Gasteiger partial charge in [-0.25, -0.2) is 4.98 Å². The number of oxazole rings is 1. The van der Waals surface area contributed by atoms with Gasteiger partial charge >= 0.3 is 0 Å². The van der Waals surface area contributed by atoms with Crippen LogP contribution in [0.3, 0.4) is 0 Å². The van der Waals surface area contributed by atoms with Crippen molar-refractivity contribution < 1.29 is 13.9 Å². The minimum atomic E-state index is -0.295. The Hall–Kier alpha value is -2.78. The molecule has 0 spiro atoms. The van der Waals surface area contributed by atoms with E-state index in [-0.39, 0.29) is 6.10 Å². The van der Waals surface area contributed by atoms with Crippen molar-refractivity contribution in [3.05, 3.63) is 59.1 Å². The third-order valence-electron chi connectivity index (χ3n) is 4.63. The quantitative estimate of drug-likeness (QED) is 0.430. The fraction of sp³-hybridized carbons (Fsp3) is 0.250. The first-order valence-electron chi connectivity index (χ1n) is 9.10. The second-order valence-corrected chi connectivity index (χ2v) is 8.44. The van der Waals surface area contributed by atoms with Gasteiger partial charge in [0.05, 0.1) is 10.6 Å². The van der Waals surface area contributed by atoms with Crippen molar-refractivity contribution in [1.29, 1.82) is 0 Å². The summed E-state index contributed by atoms with van der Waals surface area (Å²) in [4.78, 5) is 5.67. The van der Waals surface area contributed by atoms with Crippen LogP contribution in [0.4, 0.5) is 0 Å². The molecular formula is C20H18N4O3S2. The lowest BCUT2D eigenvalue weighted by Gasteiger charge is -2.25. The second kappa shape index (κ2) is 7.57. The first kappa shape index (κ1) is 18.3. The predicted octanol–water partition coefficient (Wildman–Crippen LogP) is 4.64. The molecule has 1 unspecified atom stereocenters. The average Bonchev–Trinajstić information content (AvgIpc) is 3.47. The van der Waals surface area contributed by atoms with Crippen molar-refractivity contribution in [3.8, 4) is 22.3 Å². The van der Waals surface area contributed by atoms with Crippen molar-refractivity contribution in [2.45, 2.75) is 23.9 Å². The maximum Gasteiger partial charge on any atom is 0.236 e. The summed E-state index contributed by atoms with van der Waals surface area (Å²) in [6, 6.07) is 11.6. The molecule has 1 aliphatic rings. The molecule has 0 radical (unpaired) electrons. The Labute approximate surface area is 175 Å². The van der Waals surface area contributed by atoms with Gasteiger partial charge in [0.2, 0.25) is 5.89 Å². The number of hydrogen-bond acceptors (Lipinski definition) is 8. The van der Waals surface area contributed by atoms with Crippen LogP contribution in [-0.2, 0) is 12.8 Å². The largest absolute Gasteiger partial charge is 0.485 e.